The molecule has 1 fully saturated rings. The fraction of sp³-hybridized carbons (Fsp3) is 0.900. The van der Waals surface area contributed by atoms with Crippen molar-refractivity contribution in [3.8, 4) is 0 Å². The molecule has 14 heavy (non-hydrogen) atoms. The van der Waals surface area contributed by atoms with Gasteiger partial charge in [0.05, 0.1) is 12.6 Å². The van der Waals surface area contributed by atoms with Crippen molar-refractivity contribution in [2.45, 2.75) is 44.7 Å². The summed E-state index contributed by atoms with van der Waals surface area (Å²) in [4.78, 5) is 13.5. The number of aliphatic hydroxyl groups excluding tert-OH is 1. The molecule has 0 bridgehead atoms. The van der Waals surface area contributed by atoms with Gasteiger partial charge in [-0.25, -0.2) is 0 Å². The Labute approximate surface area is 85.1 Å². The Morgan fingerprint density at radius 1 is 1.71 bits per heavy atom. The maximum atomic E-state index is 11.7. The van der Waals surface area contributed by atoms with Crippen LogP contribution in [0.2, 0.25) is 0 Å². The topological polar surface area (TPSA) is 66.6 Å². The number of nitrogens with two attached hydrogens (primary N) is 1. The zero-order chi connectivity index (χ0) is 10.6. The SMILES string of the molecule is CC(N)CCC(=O)N1CCC[C@H]1CO. The lowest BCUT2D eigenvalue weighted by molar-refractivity contribution is -0.132. The minimum absolute atomic E-state index is 0.0515. The molecule has 4 nitrogen and oxygen atoms in total. The van der Waals surface area contributed by atoms with Crippen molar-refractivity contribution in [1.29, 1.82) is 0 Å². The summed E-state index contributed by atoms with van der Waals surface area (Å²) in [5.74, 6) is 0.138. The smallest absolute Gasteiger partial charge is 0.222 e. The minimum Gasteiger partial charge on any atom is -0.394 e. The molecule has 3 N–H and O–H groups in total. The van der Waals surface area contributed by atoms with Crippen LogP contribution in [0.3, 0.4) is 0 Å². The van der Waals surface area contributed by atoms with E-state index in [0.717, 1.165) is 25.8 Å². The Balaban J connectivity index is 2.35. The molecule has 0 radical (unpaired) electrons. The second-order valence-corrected chi connectivity index (χ2v) is 4.08. The summed E-state index contributed by atoms with van der Waals surface area (Å²) in [5.41, 5.74) is 5.59. The summed E-state index contributed by atoms with van der Waals surface area (Å²) >= 11 is 0. The molecule has 1 aliphatic rings. The van der Waals surface area contributed by atoms with Gasteiger partial charge in [0.25, 0.3) is 0 Å². The third kappa shape index (κ3) is 2.96. The molecule has 0 spiro atoms. The van der Waals surface area contributed by atoms with Crippen LogP contribution in [0.5, 0.6) is 0 Å². The number of nitrogens with zero attached hydrogens (tertiary/aromatic N) is 1. The van der Waals surface area contributed by atoms with Crippen molar-refractivity contribution >= 4 is 5.91 Å². The molecular weight excluding hydrogens is 180 g/mol. The molecule has 0 aromatic heterocycles. The number of aliphatic hydroxyl groups is 1. The first-order valence-electron chi connectivity index (χ1n) is 5.31. The summed E-state index contributed by atoms with van der Waals surface area (Å²) in [6.07, 6.45) is 3.18. The number of carbonyl (C=O) groups excluding carboxylic acids is 1. The largest absolute Gasteiger partial charge is 0.394 e. The zero-order valence-corrected chi connectivity index (χ0v) is 8.78. The van der Waals surface area contributed by atoms with E-state index in [9.17, 15) is 4.79 Å². The van der Waals surface area contributed by atoms with Crippen LogP contribution in [-0.4, -0.2) is 41.1 Å². The normalized spacial score (nSPS) is 23.9. The lowest BCUT2D eigenvalue weighted by Gasteiger charge is -2.23. The van der Waals surface area contributed by atoms with Crippen molar-refractivity contribution in [2.75, 3.05) is 13.2 Å². The van der Waals surface area contributed by atoms with Crippen LogP contribution < -0.4 is 5.73 Å². The maximum absolute atomic E-state index is 11.7. The molecule has 2 atom stereocenters. The third-order valence-corrected chi connectivity index (χ3v) is 2.72. The lowest BCUT2D eigenvalue weighted by Crippen LogP contribution is -2.38. The van der Waals surface area contributed by atoms with Crippen LogP contribution in [0, 0.1) is 0 Å². The summed E-state index contributed by atoms with van der Waals surface area (Å²) in [5, 5.41) is 9.04. The number of rotatable bonds is 4. The zero-order valence-electron chi connectivity index (χ0n) is 8.78. The molecular formula is C10H20N2O2. The Hall–Kier alpha value is -0.610. The van der Waals surface area contributed by atoms with Gasteiger partial charge in [-0.3, -0.25) is 4.79 Å². The van der Waals surface area contributed by atoms with Gasteiger partial charge in [-0.15, -0.1) is 0 Å². The lowest BCUT2D eigenvalue weighted by atomic mass is 10.1. The molecule has 1 heterocycles. The van der Waals surface area contributed by atoms with Gasteiger partial charge < -0.3 is 15.7 Å². The van der Waals surface area contributed by atoms with Gasteiger partial charge >= 0.3 is 0 Å². The van der Waals surface area contributed by atoms with E-state index in [1.165, 1.54) is 0 Å². The minimum atomic E-state index is 0.0515. The van der Waals surface area contributed by atoms with E-state index in [1.54, 1.807) is 4.90 Å². The average Bonchev–Trinajstić information content (AvgIpc) is 2.61. The van der Waals surface area contributed by atoms with Gasteiger partial charge in [0.2, 0.25) is 5.91 Å². The van der Waals surface area contributed by atoms with Gasteiger partial charge in [-0.2, -0.15) is 0 Å². The highest BCUT2D eigenvalue weighted by molar-refractivity contribution is 5.76. The van der Waals surface area contributed by atoms with Gasteiger partial charge in [-0.1, -0.05) is 0 Å². The molecule has 0 saturated carbocycles. The monoisotopic (exact) mass is 200 g/mol. The first-order valence-corrected chi connectivity index (χ1v) is 5.31. The second-order valence-electron chi connectivity index (χ2n) is 4.08. The molecule has 1 rings (SSSR count). The Morgan fingerprint density at radius 2 is 2.43 bits per heavy atom. The van der Waals surface area contributed by atoms with Crippen molar-refractivity contribution < 1.29 is 9.90 Å². The highest BCUT2D eigenvalue weighted by Crippen LogP contribution is 2.18. The predicted molar refractivity (Wildman–Crippen MR) is 54.7 cm³/mol. The van der Waals surface area contributed by atoms with Crippen molar-refractivity contribution in [3.63, 3.8) is 0 Å². The fourth-order valence-corrected chi connectivity index (χ4v) is 1.85. The number of likely N-dealkylation sites (tertiary alicyclic amines) is 1. The van der Waals surface area contributed by atoms with E-state index in [-0.39, 0.29) is 24.6 Å². The van der Waals surface area contributed by atoms with E-state index >= 15 is 0 Å². The molecule has 1 amide bonds. The van der Waals surface area contributed by atoms with E-state index < -0.39 is 0 Å². The fourth-order valence-electron chi connectivity index (χ4n) is 1.85. The standard InChI is InChI=1S/C10H20N2O2/c1-8(11)4-5-10(14)12-6-2-3-9(12)7-13/h8-9,13H,2-7,11H2,1H3/t8?,9-/m0/s1. The first-order chi connectivity index (χ1) is 6.65. The highest BCUT2D eigenvalue weighted by atomic mass is 16.3. The van der Waals surface area contributed by atoms with Gasteiger partial charge in [-0.05, 0) is 26.2 Å². The van der Waals surface area contributed by atoms with Crippen LogP contribution in [0.1, 0.15) is 32.6 Å². The summed E-state index contributed by atoms with van der Waals surface area (Å²) < 4.78 is 0. The quantitative estimate of drug-likeness (QED) is 0.676. The third-order valence-electron chi connectivity index (χ3n) is 2.72. The second kappa shape index (κ2) is 5.32. The van der Waals surface area contributed by atoms with Crippen molar-refractivity contribution in [1.82, 2.24) is 4.90 Å². The first kappa shape index (κ1) is 11.5. The summed E-state index contributed by atoms with van der Waals surface area (Å²) in [7, 11) is 0. The van der Waals surface area contributed by atoms with E-state index in [0.29, 0.717) is 6.42 Å². The molecule has 0 aromatic rings. The molecule has 1 aliphatic heterocycles. The van der Waals surface area contributed by atoms with Crippen LogP contribution in [0.15, 0.2) is 0 Å². The van der Waals surface area contributed by atoms with E-state index in [2.05, 4.69) is 0 Å². The number of carbonyl (C=O) groups is 1. The predicted octanol–water partition coefficient (Wildman–Crippen LogP) is 0.0971. The number of hydrogen-bond acceptors (Lipinski definition) is 3. The summed E-state index contributed by atoms with van der Waals surface area (Å²) in [6.45, 7) is 2.79. The van der Waals surface area contributed by atoms with E-state index in [4.69, 9.17) is 10.8 Å². The van der Waals surface area contributed by atoms with Crippen molar-refractivity contribution in [2.24, 2.45) is 5.73 Å². The van der Waals surface area contributed by atoms with E-state index in [1.807, 2.05) is 6.92 Å². The van der Waals surface area contributed by atoms with Crippen LogP contribution in [-0.2, 0) is 4.79 Å². The van der Waals surface area contributed by atoms with Crippen LogP contribution >= 0.6 is 0 Å². The number of hydrogen-bond donors (Lipinski definition) is 2. The van der Waals surface area contributed by atoms with Crippen LogP contribution in [0.4, 0.5) is 0 Å². The molecule has 82 valence electrons. The Morgan fingerprint density at radius 3 is 3.00 bits per heavy atom. The molecule has 1 saturated heterocycles. The molecule has 1 unspecified atom stereocenters. The number of amides is 1. The van der Waals surface area contributed by atoms with Crippen LogP contribution in [0.25, 0.3) is 0 Å². The Bertz CT molecular complexity index is 195. The highest BCUT2D eigenvalue weighted by Gasteiger charge is 2.27. The van der Waals surface area contributed by atoms with Gasteiger partial charge in [0.1, 0.15) is 0 Å². The Kier molecular flexibility index (Phi) is 4.35. The molecule has 0 aliphatic carbocycles. The van der Waals surface area contributed by atoms with Gasteiger partial charge in [0, 0.05) is 19.0 Å². The maximum Gasteiger partial charge on any atom is 0.222 e. The molecule has 0 aromatic carbocycles. The van der Waals surface area contributed by atoms with Gasteiger partial charge in [0.15, 0.2) is 0 Å². The van der Waals surface area contributed by atoms with Crippen molar-refractivity contribution in [3.05, 3.63) is 0 Å². The average molecular weight is 200 g/mol. The summed E-state index contributed by atoms with van der Waals surface area (Å²) in [6, 6.07) is 0.129. The molecule has 4 heteroatoms.